The number of hydrogen-bond donors (Lipinski definition) is 1. The van der Waals surface area contributed by atoms with Gasteiger partial charge in [0.1, 0.15) is 23.3 Å². The summed E-state index contributed by atoms with van der Waals surface area (Å²) in [6.07, 6.45) is 4.82. The number of fused-ring (bicyclic) bond motifs is 1. The standard InChI is InChI=1S/C25H28FN3O5S/c1-17(24(31)27-19-10-3-2-4-11-19)28(15-18-9-5-7-13-21(18)26)23(30)16-29-25(32)20-12-6-8-14-22(20)35(29,33)34/h5-9,12-14,17,19H,2-4,10-11,15-16H2,1H3,(H,27,31)/t17-/m1/s1. The van der Waals surface area contributed by atoms with Gasteiger partial charge in [-0.2, -0.15) is 0 Å². The molecule has 2 aliphatic rings. The van der Waals surface area contributed by atoms with Crippen LogP contribution in [0.15, 0.2) is 53.4 Å². The number of nitrogens with one attached hydrogen (secondary N) is 1. The number of benzene rings is 2. The van der Waals surface area contributed by atoms with E-state index in [-0.39, 0.29) is 28.6 Å². The topological polar surface area (TPSA) is 104 Å². The SMILES string of the molecule is C[C@H](C(=O)NC1CCCCC1)N(Cc1ccccc1F)C(=O)CN1C(=O)c2ccccc2S1(=O)=O. The Morgan fingerprint density at radius 1 is 1.09 bits per heavy atom. The molecule has 0 unspecified atom stereocenters. The summed E-state index contributed by atoms with van der Waals surface area (Å²) >= 11 is 0. The summed E-state index contributed by atoms with van der Waals surface area (Å²) in [5, 5.41) is 2.96. The van der Waals surface area contributed by atoms with Crippen molar-refractivity contribution in [2.45, 2.75) is 62.6 Å². The van der Waals surface area contributed by atoms with Crippen molar-refractivity contribution < 1.29 is 27.2 Å². The van der Waals surface area contributed by atoms with Gasteiger partial charge in [0.2, 0.25) is 11.8 Å². The van der Waals surface area contributed by atoms with Gasteiger partial charge in [-0.25, -0.2) is 17.1 Å². The smallest absolute Gasteiger partial charge is 0.269 e. The molecule has 0 saturated heterocycles. The molecule has 0 bridgehead atoms. The van der Waals surface area contributed by atoms with E-state index in [4.69, 9.17) is 0 Å². The van der Waals surface area contributed by atoms with Crippen LogP contribution in [0.3, 0.4) is 0 Å². The lowest BCUT2D eigenvalue weighted by molar-refractivity contribution is -0.140. The molecule has 35 heavy (non-hydrogen) atoms. The van der Waals surface area contributed by atoms with Gasteiger partial charge < -0.3 is 10.2 Å². The largest absolute Gasteiger partial charge is 0.352 e. The lowest BCUT2D eigenvalue weighted by atomic mass is 9.95. The normalized spacial score (nSPS) is 18.1. The minimum Gasteiger partial charge on any atom is -0.352 e. The van der Waals surface area contributed by atoms with Crippen molar-refractivity contribution in [3.05, 3.63) is 65.5 Å². The van der Waals surface area contributed by atoms with E-state index in [1.165, 1.54) is 43.3 Å². The molecular formula is C25H28FN3O5S. The van der Waals surface area contributed by atoms with Crippen LogP contribution in [0.1, 0.15) is 54.9 Å². The zero-order valence-electron chi connectivity index (χ0n) is 19.4. The first-order valence-electron chi connectivity index (χ1n) is 11.7. The van der Waals surface area contributed by atoms with E-state index in [1.54, 1.807) is 12.1 Å². The van der Waals surface area contributed by atoms with Crippen molar-refractivity contribution in [2.75, 3.05) is 6.54 Å². The minimum atomic E-state index is -4.21. The molecule has 2 aromatic carbocycles. The highest BCUT2D eigenvalue weighted by molar-refractivity contribution is 7.90. The monoisotopic (exact) mass is 501 g/mol. The van der Waals surface area contributed by atoms with Gasteiger partial charge in [0, 0.05) is 18.2 Å². The molecule has 0 aromatic heterocycles. The number of hydrogen-bond acceptors (Lipinski definition) is 5. The molecule has 1 aliphatic heterocycles. The van der Waals surface area contributed by atoms with Gasteiger partial charge >= 0.3 is 0 Å². The van der Waals surface area contributed by atoms with Crippen molar-refractivity contribution in [3.63, 3.8) is 0 Å². The zero-order chi connectivity index (χ0) is 25.2. The second kappa shape index (κ2) is 10.2. The fraction of sp³-hybridized carbons (Fsp3) is 0.400. The Morgan fingerprint density at radius 2 is 1.74 bits per heavy atom. The van der Waals surface area contributed by atoms with Gasteiger partial charge in [-0.1, -0.05) is 49.6 Å². The molecule has 10 heteroatoms. The van der Waals surface area contributed by atoms with Crippen molar-refractivity contribution in [3.8, 4) is 0 Å². The Labute approximate surface area is 204 Å². The van der Waals surface area contributed by atoms with E-state index >= 15 is 0 Å². The molecule has 186 valence electrons. The molecule has 1 heterocycles. The van der Waals surface area contributed by atoms with Crippen LogP contribution in [0.4, 0.5) is 4.39 Å². The highest BCUT2D eigenvalue weighted by Gasteiger charge is 2.43. The molecule has 0 radical (unpaired) electrons. The maximum absolute atomic E-state index is 14.4. The maximum atomic E-state index is 14.4. The quantitative estimate of drug-likeness (QED) is 0.628. The fourth-order valence-electron chi connectivity index (χ4n) is 4.56. The summed E-state index contributed by atoms with van der Waals surface area (Å²) in [4.78, 5) is 40.2. The predicted molar refractivity (Wildman–Crippen MR) is 126 cm³/mol. The van der Waals surface area contributed by atoms with Crippen molar-refractivity contribution in [1.29, 1.82) is 0 Å². The third-order valence-corrected chi connectivity index (χ3v) is 8.40. The van der Waals surface area contributed by atoms with Crippen molar-refractivity contribution in [2.24, 2.45) is 0 Å². The molecule has 3 amide bonds. The second-order valence-electron chi connectivity index (χ2n) is 8.95. The van der Waals surface area contributed by atoms with Crippen LogP contribution < -0.4 is 5.32 Å². The molecule has 8 nitrogen and oxygen atoms in total. The number of carbonyl (C=O) groups excluding carboxylic acids is 3. The van der Waals surface area contributed by atoms with Crippen LogP contribution in [0.25, 0.3) is 0 Å². The third kappa shape index (κ3) is 5.07. The van der Waals surface area contributed by atoms with Crippen LogP contribution in [-0.2, 0) is 26.2 Å². The Balaban J connectivity index is 1.58. The van der Waals surface area contributed by atoms with Gasteiger partial charge in [-0.3, -0.25) is 14.4 Å². The van der Waals surface area contributed by atoms with Gasteiger partial charge in [-0.15, -0.1) is 0 Å². The van der Waals surface area contributed by atoms with Crippen LogP contribution in [0.2, 0.25) is 0 Å². The molecule has 1 saturated carbocycles. The number of nitrogens with zero attached hydrogens (tertiary/aromatic N) is 2. The minimum absolute atomic E-state index is 0.000787. The average molecular weight is 502 g/mol. The van der Waals surface area contributed by atoms with E-state index < -0.39 is 46.1 Å². The summed E-state index contributed by atoms with van der Waals surface area (Å²) in [5.74, 6) is -2.54. The number of carbonyl (C=O) groups is 3. The second-order valence-corrected chi connectivity index (χ2v) is 10.8. The van der Waals surface area contributed by atoms with Crippen molar-refractivity contribution >= 4 is 27.7 Å². The van der Waals surface area contributed by atoms with Gasteiger partial charge in [0.15, 0.2) is 0 Å². The lowest BCUT2D eigenvalue weighted by Crippen LogP contribution is -2.53. The van der Waals surface area contributed by atoms with Crippen LogP contribution in [0, 0.1) is 5.82 Å². The summed E-state index contributed by atoms with van der Waals surface area (Å²) in [6.45, 7) is 0.483. The molecule has 0 spiro atoms. The van der Waals surface area contributed by atoms with Gasteiger partial charge in [0.05, 0.1) is 5.56 Å². The fourth-order valence-corrected chi connectivity index (χ4v) is 6.08. The molecular weight excluding hydrogens is 473 g/mol. The highest BCUT2D eigenvalue weighted by Crippen LogP contribution is 2.30. The van der Waals surface area contributed by atoms with Gasteiger partial charge in [-0.05, 0) is 38.0 Å². The van der Waals surface area contributed by atoms with Gasteiger partial charge in [0.25, 0.3) is 15.9 Å². The molecule has 1 atom stereocenters. The average Bonchev–Trinajstić information content (AvgIpc) is 3.04. The summed E-state index contributed by atoms with van der Waals surface area (Å²) in [7, 11) is -4.21. The first-order valence-corrected chi connectivity index (χ1v) is 13.1. The van der Waals surface area contributed by atoms with E-state index in [9.17, 15) is 27.2 Å². The summed E-state index contributed by atoms with van der Waals surface area (Å²) < 4.78 is 40.8. The van der Waals surface area contributed by atoms with E-state index in [2.05, 4.69) is 5.32 Å². The Kier molecular flexibility index (Phi) is 7.20. The van der Waals surface area contributed by atoms with Crippen LogP contribution in [0.5, 0.6) is 0 Å². The van der Waals surface area contributed by atoms with Crippen LogP contribution in [-0.4, -0.2) is 54.0 Å². The zero-order valence-corrected chi connectivity index (χ0v) is 20.3. The number of amides is 3. The van der Waals surface area contributed by atoms with Crippen LogP contribution >= 0.6 is 0 Å². The Hall–Kier alpha value is -3.27. The number of halogens is 1. The highest BCUT2D eigenvalue weighted by atomic mass is 32.2. The molecule has 1 aliphatic carbocycles. The lowest BCUT2D eigenvalue weighted by Gasteiger charge is -2.32. The summed E-state index contributed by atoms with van der Waals surface area (Å²) in [5.41, 5.74) is 0.168. The Morgan fingerprint density at radius 3 is 2.43 bits per heavy atom. The van der Waals surface area contributed by atoms with E-state index in [0.29, 0.717) is 4.31 Å². The third-order valence-electron chi connectivity index (χ3n) is 6.61. The Bertz CT molecular complexity index is 1240. The number of sulfonamides is 1. The first-order chi connectivity index (χ1) is 16.7. The van der Waals surface area contributed by atoms with E-state index in [0.717, 1.165) is 37.0 Å². The predicted octanol–water partition coefficient (Wildman–Crippen LogP) is 2.84. The molecule has 1 fully saturated rings. The number of rotatable bonds is 7. The van der Waals surface area contributed by atoms with Crippen molar-refractivity contribution in [1.82, 2.24) is 14.5 Å². The van der Waals surface area contributed by atoms with E-state index in [1.807, 2.05) is 0 Å². The maximum Gasteiger partial charge on any atom is 0.269 e. The molecule has 1 N–H and O–H groups in total. The molecule has 4 rings (SSSR count). The summed E-state index contributed by atoms with van der Waals surface area (Å²) in [6, 6.07) is 10.6. The molecule has 2 aromatic rings. The first kappa shape index (κ1) is 24.8.